The van der Waals surface area contributed by atoms with Gasteiger partial charge in [-0.25, -0.2) is 17.9 Å². The van der Waals surface area contributed by atoms with E-state index in [0.29, 0.717) is 6.54 Å². The van der Waals surface area contributed by atoms with Crippen molar-refractivity contribution < 1.29 is 12.8 Å². The quantitative estimate of drug-likeness (QED) is 0.894. The Morgan fingerprint density at radius 3 is 2.52 bits per heavy atom. The first kappa shape index (κ1) is 15.5. The zero-order chi connectivity index (χ0) is 15.8. The molecule has 1 aromatic carbocycles. The van der Waals surface area contributed by atoms with Gasteiger partial charge < -0.3 is 5.32 Å². The summed E-state index contributed by atoms with van der Waals surface area (Å²) in [6, 6.07) is 3.53. The summed E-state index contributed by atoms with van der Waals surface area (Å²) in [6.07, 6.45) is 0. The van der Waals surface area contributed by atoms with Crippen LogP contribution in [0.15, 0.2) is 23.1 Å². The van der Waals surface area contributed by atoms with Gasteiger partial charge in [0.15, 0.2) is 0 Å². The number of primary sulfonamides is 1. The number of aromatic nitrogens is 2. The number of anilines is 1. The molecule has 0 amide bonds. The van der Waals surface area contributed by atoms with Crippen LogP contribution in [0, 0.1) is 19.7 Å². The van der Waals surface area contributed by atoms with Crippen LogP contribution >= 0.6 is 0 Å². The van der Waals surface area contributed by atoms with Crippen LogP contribution in [0.2, 0.25) is 0 Å². The van der Waals surface area contributed by atoms with E-state index in [1.807, 2.05) is 20.9 Å². The molecule has 1 aromatic heterocycles. The number of rotatable bonds is 4. The number of hydrogen-bond acceptors (Lipinski definition) is 4. The van der Waals surface area contributed by atoms with E-state index in [0.717, 1.165) is 23.0 Å². The van der Waals surface area contributed by atoms with Gasteiger partial charge in [0.05, 0.1) is 16.3 Å². The third kappa shape index (κ3) is 3.22. The number of hydrogen-bond donors (Lipinski definition) is 2. The summed E-state index contributed by atoms with van der Waals surface area (Å²) in [5, 5.41) is 12.2. The fraction of sp³-hybridized carbons (Fsp3) is 0.308. The van der Waals surface area contributed by atoms with Crippen molar-refractivity contribution >= 4 is 15.7 Å². The highest BCUT2D eigenvalue weighted by atomic mass is 32.2. The summed E-state index contributed by atoms with van der Waals surface area (Å²) in [5.41, 5.74) is 3.04. The maximum atomic E-state index is 13.9. The van der Waals surface area contributed by atoms with E-state index in [1.54, 1.807) is 4.68 Å². The highest BCUT2D eigenvalue weighted by Gasteiger charge is 2.13. The second kappa shape index (κ2) is 5.45. The molecule has 3 N–H and O–H groups in total. The monoisotopic (exact) mass is 312 g/mol. The van der Waals surface area contributed by atoms with Crippen LogP contribution in [0.5, 0.6) is 0 Å². The fourth-order valence-corrected chi connectivity index (χ4v) is 2.60. The van der Waals surface area contributed by atoms with Crippen LogP contribution in [0.4, 0.5) is 10.1 Å². The lowest BCUT2D eigenvalue weighted by Crippen LogP contribution is -2.13. The van der Waals surface area contributed by atoms with Crippen molar-refractivity contribution in [2.45, 2.75) is 25.3 Å². The molecule has 0 unspecified atom stereocenters. The molecule has 0 aliphatic rings. The van der Waals surface area contributed by atoms with Crippen LogP contribution in [0.1, 0.15) is 17.0 Å². The van der Waals surface area contributed by atoms with Crippen LogP contribution in [0.25, 0.3) is 0 Å². The fourth-order valence-electron chi connectivity index (χ4n) is 2.07. The third-order valence-corrected chi connectivity index (χ3v) is 4.29. The molecule has 2 rings (SSSR count). The van der Waals surface area contributed by atoms with Gasteiger partial charge in [-0.05, 0) is 32.0 Å². The van der Waals surface area contributed by atoms with Crippen molar-refractivity contribution in [1.29, 1.82) is 0 Å². The van der Waals surface area contributed by atoms with Crippen LogP contribution in [-0.4, -0.2) is 18.2 Å². The van der Waals surface area contributed by atoms with Gasteiger partial charge in [-0.1, -0.05) is 0 Å². The molecule has 114 valence electrons. The van der Waals surface area contributed by atoms with E-state index in [2.05, 4.69) is 10.4 Å². The van der Waals surface area contributed by atoms with Gasteiger partial charge in [0, 0.05) is 24.8 Å². The number of halogens is 1. The van der Waals surface area contributed by atoms with Gasteiger partial charge in [-0.15, -0.1) is 0 Å². The van der Waals surface area contributed by atoms with E-state index < -0.39 is 15.8 Å². The Morgan fingerprint density at radius 2 is 2.05 bits per heavy atom. The van der Waals surface area contributed by atoms with E-state index in [-0.39, 0.29) is 10.6 Å². The summed E-state index contributed by atoms with van der Waals surface area (Å²) in [5.74, 6) is -0.666. The maximum absolute atomic E-state index is 13.9. The Morgan fingerprint density at radius 1 is 1.38 bits per heavy atom. The predicted molar refractivity (Wildman–Crippen MR) is 77.8 cm³/mol. The molecule has 0 bridgehead atoms. The zero-order valence-corrected chi connectivity index (χ0v) is 12.8. The second-order valence-electron chi connectivity index (χ2n) is 4.81. The lowest BCUT2D eigenvalue weighted by Gasteiger charge is -2.09. The van der Waals surface area contributed by atoms with E-state index >= 15 is 0 Å². The highest BCUT2D eigenvalue weighted by molar-refractivity contribution is 7.89. The molecule has 0 aliphatic carbocycles. The average molecular weight is 312 g/mol. The largest absolute Gasteiger partial charge is 0.378 e. The van der Waals surface area contributed by atoms with Crippen molar-refractivity contribution in [3.05, 3.63) is 41.0 Å². The molecule has 0 radical (unpaired) electrons. The second-order valence-corrected chi connectivity index (χ2v) is 6.37. The average Bonchev–Trinajstić information content (AvgIpc) is 2.61. The molecule has 21 heavy (non-hydrogen) atoms. The molecule has 2 aromatic rings. The Bertz CT molecular complexity index is 784. The smallest absolute Gasteiger partial charge is 0.238 e. The molecule has 0 atom stereocenters. The van der Waals surface area contributed by atoms with E-state index in [1.165, 1.54) is 12.1 Å². The molecule has 6 nitrogen and oxygen atoms in total. The number of aryl methyl sites for hydroxylation is 2. The minimum absolute atomic E-state index is 0.213. The Balaban J connectivity index is 2.21. The molecular formula is C13H17FN4O2S. The number of nitrogens with two attached hydrogens (primary N) is 1. The molecule has 0 aliphatic heterocycles. The first-order valence-electron chi connectivity index (χ1n) is 6.25. The first-order valence-corrected chi connectivity index (χ1v) is 7.80. The molecule has 0 saturated heterocycles. The van der Waals surface area contributed by atoms with Crippen LogP contribution in [-0.2, 0) is 23.6 Å². The van der Waals surface area contributed by atoms with E-state index in [9.17, 15) is 12.8 Å². The summed E-state index contributed by atoms with van der Waals surface area (Å²) in [4.78, 5) is -0.251. The standard InChI is InChI=1S/C13H17FN4O2S/c1-8-11(9(2)18(3)17-8)7-16-13-5-4-10(6-12(13)14)21(15,19)20/h4-6,16H,7H2,1-3H3,(H2,15,19,20). The molecule has 8 heteroatoms. The minimum atomic E-state index is -3.90. The minimum Gasteiger partial charge on any atom is -0.378 e. The molecule has 1 heterocycles. The van der Waals surface area contributed by atoms with Gasteiger partial charge >= 0.3 is 0 Å². The highest BCUT2D eigenvalue weighted by Crippen LogP contribution is 2.20. The number of sulfonamides is 1. The number of nitrogens with zero attached hydrogens (tertiary/aromatic N) is 2. The van der Waals surface area contributed by atoms with Gasteiger partial charge in [-0.3, -0.25) is 4.68 Å². The zero-order valence-electron chi connectivity index (χ0n) is 12.0. The Hall–Kier alpha value is -1.93. The summed E-state index contributed by atoms with van der Waals surface area (Å²) >= 11 is 0. The van der Waals surface area contributed by atoms with Gasteiger partial charge in [0.25, 0.3) is 0 Å². The lowest BCUT2D eigenvalue weighted by atomic mass is 10.2. The number of benzene rings is 1. The molecular weight excluding hydrogens is 295 g/mol. The van der Waals surface area contributed by atoms with Crippen molar-refractivity contribution in [1.82, 2.24) is 9.78 Å². The van der Waals surface area contributed by atoms with Crippen molar-refractivity contribution in [3.63, 3.8) is 0 Å². The summed E-state index contributed by atoms with van der Waals surface area (Å²) < 4.78 is 37.9. The van der Waals surface area contributed by atoms with Crippen molar-refractivity contribution in [2.75, 3.05) is 5.32 Å². The van der Waals surface area contributed by atoms with Crippen LogP contribution in [0.3, 0.4) is 0 Å². The Labute approximate surface area is 122 Å². The molecule has 0 fully saturated rings. The van der Waals surface area contributed by atoms with Gasteiger partial charge in [0.1, 0.15) is 5.82 Å². The van der Waals surface area contributed by atoms with Crippen molar-refractivity contribution in [2.24, 2.45) is 12.2 Å². The predicted octanol–water partition coefficient (Wildman–Crippen LogP) is 1.44. The summed E-state index contributed by atoms with van der Waals surface area (Å²) in [7, 11) is -2.06. The van der Waals surface area contributed by atoms with Gasteiger partial charge in [0.2, 0.25) is 10.0 Å². The topological polar surface area (TPSA) is 90.0 Å². The molecule has 0 spiro atoms. The van der Waals surface area contributed by atoms with Gasteiger partial charge in [-0.2, -0.15) is 5.10 Å². The SMILES string of the molecule is Cc1nn(C)c(C)c1CNc1ccc(S(N)(=O)=O)cc1F. The summed E-state index contributed by atoms with van der Waals surface area (Å²) in [6.45, 7) is 4.21. The van der Waals surface area contributed by atoms with E-state index in [4.69, 9.17) is 5.14 Å². The Kier molecular flexibility index (Phi) is 4.02. The third-order valence-electron chi connectivity index (χ3n) is 3.38. The van der Waals surface area contributed by atoms with Crippen LogP contribution < -0.4 is 10.5 Å². The number of nitrogens with one attached hydrogen (secondary N) is 1. The molecule has 0 saturated carbocycles. The van der Waals surface area contributed by atoms with Crippen molar-refractivity contribution in [3.8, 4) is 0 Å². The normalized spacial score (nSPS) is 11.7. The lowest BCUT2D eigenvalue weighted by molar-refractivity contribution is 0.593. The first-order chi connectivity index (χ1) is 9.70. The maximum Gasteiger partial charge on any atom is 0.238 e.